The summed E-state index contributed by atoms with van der Waals surface area (Å²) in [7, 11) is 0. The molecule has 2 aliphatic carbocycles. The lowest BCUT2D eigenvalue weighted by Crippen LogP contribution is -2.66. The number of hydrogen-bond donors (Lipinski definition) is 3. The molecule has 8 atom stereocenters. The van der Waals surface area contributed by atoms with Gasteiger partial charge in [0.15, 0.2) is 6.29 Å². The maximum absolute atomic E-state index is 10.7. The molecule has 0 aromatic rings. The molecule has 5 heteroatoms. The zero-order valence-electron chi connectivity index (χ0n) is 15.8. The second-order valence-corrected chi connectivity index (χ2v) is 9.70. The van der Waals surface area contributed by atoms with Crippen molar-refractivity contribution in [2.24, 2.45) is 22.7 Å². The molecule has 2 saturated carbocycles. The Hall–Kier alpha value is -0.200. The summed E-state index contributed by atoms with van der Waals surface area (Å²) >= 11 is 0. The molecular formula is C20H34O5. The Bertz CT molecular complexity index is 540. The molecule has 2 heterocycles. The van der Waals surface area contributed by atoms with Gasteiger partial charge >= 0.3 is 0 Å². The van der Waals surface area contributed by atoms with E-state index in [2.05, 4.69) is 13.8 Å². The van der Waals surface area contributed by atoms with E-state index >= 15 is 0 Å². The van der Waals surface area contributed by atoms with E-state index in [4.69, 9.17) is 9.47 Å². The number of ether oxygens (including phenoxy) is 2. The zero-order valence-corrected chi connectivity index (χ0v) is 15.8. The summed E-state index contributed by atoms with van der Waals surface area (Å²) in [6.07, 6.45) is 4.89. The lowest BCUT2D eigenvalue weighted by Gasteiger charge is -2.65. The molecule has 144 valence electrons. The molecule has 5 nitrogen and oxygen atoms in total. The quantitative estimate of drug-likeness (QED) is 0.673. The minimum atomic E-state index is -0.832. The van der Waals surface area contributed by atoms with Crippen molar-refractivity contribution in [1.82, 2.24) is 0 Å². The van der Waals surface area contributed by atoms with Crippen molar-refractivity contribution in [3.8, 4) is 0 Å². The summed E-state index contributed by atoms with van der Waals surface area (Å²) in [5.74, 6) is 0.624. The van der Waals surface area contributed by atoms with Crippen molar-refractivity contribution in [3.05, 3.63) is 0 Å². The molecule has 3 N–H and O–H groups in total. The van der Waals surface area contributed by atoms with E-state index in [1.165, 1.54) is 0 Å². The van der Waals surface area contributed by atoms with Gasteiger partial charge in [-0.1, -0.05) is 20.8 Å². The maximum atomic E-state index is 10.7. The third kappa shape index (κ3) is 2.13. The molecule has 4 rings (SSSR count). The average molecular weight is 354 g/mol. The van der Waals surface area contributed by atoms with Crippen LogP contribution >= 0.6 is 0 Å². The minimum Gasteiger partial charge on any atom is -0.396 e. The fraction of sp³-hybridized carbons (Fsp3) is 1.00. The predicted molar refractivity (Wildman–Crippen MR) is 92.8 cm³/mol. The first-order valence-electron chi connectivity index (χ1n) is 10.0. The monoisotopic (exact) mass is 354 g/mol. The third-order valence-electron chi connectivity index (χ3n) is 8.81. The Morgan fingerprint density at radius 1 is 1.00 bits per heavy atom. The predicted octanol–water partition coefficient (Wildman–Crippen LogP) is 2.22. The van der Waals surface area contributed by atoms with Crippen molar-refractivity contribution < 1.29 is 24.8 Å². The molecule has 0 unspecified atom stereocenters. The highest BCUT2D eigenvalue weighted by Gasteiger charge is 2.70. The molecule has 2 saturated heterocycles. The highest BCUT2D eigenvalue weighted by Crippen LogP contribution is 2.68. The zero-order chi connectivity index (χ0) is 18.1. The Morgan fingerprint density at radius 3 is 2.40 bits per heavy atom. The van der Waals surface area contributed by atoms with E-state index in [0.717, 1.165) is 38.5 Å². The summed E-state index contributed by atoms with van der Waals surface area (Å²) in [5, 5.41) is 31.2. The summed E-state index contributed by atoms with van der Waals surface area (Å²) in [6.45, 7) is 7.20. The Morgan fingerprint density at radius 2 is 1.76 bits per heavy atom. The van der Waals surface area contributed by atoms with Gasteiger partial charge < -0.3 is 24.8 Å². The standard InChI is InChI=1S/C20H34O5/c1-13-4-5-14-17(2,12-21)15(22)6-7-18(14,3)20(13)9-8-19(25-20)10-11-24-16(19)23/h13-16,21-23H,4-12H2,1-3H3/t13-,14+,15+,16-,17+,18+,19+,20-/m1/s1. The third-order valence-corrected chi connectivity index (χ3v) is 8.81. The van der Waals surface area contributed by atoms with Crippen molar-refractivity contribution in [3.63, 3.8) is 0 Å². The molecule has 2 aliphatic heterocycles. The van der Waals surface area contributed by atoms with Gasteiger partial charge in [-0.3, -0.25) is 0 Å². The van der Waals surface area contributed by atoms with Gasteiger partial charge in [-0.15, -0.1) is 0 Å². The van der Waals surface area contributed by atoms with E-state index < -0.39 is 23.4 Å². The normalized spacial score (nSPS) is 58.8. The van der Waals surface area contributed by atoms with Gasteiger partial charge in [-0.05, 0) is 50.4 Å². The van der Waals surface area contributed by atoms with Crippen LogP contribution in [0.2, 0.25) is 0 Å². The molecular weight excluding hydrogens is 320 g/mol. The molecule has 0 radical (unpaired) electrons. The van der Waals surface area contributed by atoms with Crippen LogP contribution in [0.1, 0.15) is 65.7 Å². The van der Waals surface area contributed by atoms with Crippen LogP contribution in [-0.2, 0) is 9.47 Å². The first kappa shape index (κ1) is 18.2. The van der Waals surface area contributed by atoms with Crippen molar-refractivity contribution in [2.75, 3.05) is 13.2 Å². The first-order chi connectivity index (χ1) is 11.7. The molecule has 0 aromatic heterocycles. The fourth-order valence-electron chi connectivity index (χ4n) is 7.06. The highest BCUT2D eigenvalue weighted by molar-refractivity contribution is 5.18. The minimum absolute atomic E-state index is 0.00969. The van der Waals surface area contributed by atoms with Gasteiger partial charge in [0.05, 0.1) is 24.9 Å². The van der Waals surface area contributed by atoms with E-state index in [1.54, 1.807) is 0 Å². The highest BCUT2D eigenvalue weighted by atomic mass is 16.7. The lowest BCUT2D eigenvalue weighted by atomic mass is 9.43. The van der Waals surface area contributed by atoms with Crippen molar-refractivity contribution >= 4 is 0 Å². The van der Waals surface area contributed by atoms with Crippen molar-refractivity contribution in [1.29, 1.82) is 0 Å². The van der Waals surface area contributed by atoms with E-state index in [9.17, 15) is 15.3 Å². The largest absolute Gasteiger partial charge is 0.396 e. The number of aliphatic hydroxyl groups excluding tert-OH is 3. The maximum Gasteiger partial charge on any atom is 0.184 e. The number of aliphatic hydroxyl groups is 3. The smallest absolute Gasteiger partial charge is 0.184 e. The van der Waals surface area contributed by atoms with E-state index in [1.807, 2.05) is 6.92 Å². The SMILES string of the molecule is C[C@@H]1CC[C@H]2[C@](C)(CO)[C@@H](O)CC[C@]2(C)[C@@]12CC[C@@]1(CCO[C@H]1O)O2. The van der Waals surface area contributed by atoms with E-state index in [-0.39, 0.29) is 23.5 Å². The summed E-state index contributed by atoms with van der Waals surface area (Å²) < 4.78 is 12.3. The Kier molecular flexibility index (Phi) is 4.11. The van der Waals surface area contributed by atoms with Crippen LogP contribution in [0.5, 0.6) is 0 Å². The number of rotatable bonds is 1. The topological polar surface area (TPSA) is 79.2 Å². The molecule has 0 amide bonds. The van der Waals surface area contributed by atoms with Gasteiger partial charge in [0.2, 0.25) is 0 Å². The van der Waals surface area contributed by atoms with Crippen LogP contribution in [0.25, 0.3) is 0 Å². The summed E-state index contributed by atoms with van der Waals surface area (Å²) in [6, 6.07) is 0. The van der Waals surface area contributed by atoms with Gasteiger partial charge in [0, 0.05) is 17.3 Å². The second kappa shape index (κ2) is 5.65. The van der Waals surface area contributed by atoms with E-state index in [0.29, 0.717) is 18.9 Å². The van der Waals surface area contributed by atoms with Crippen LogP contribution in [-0.4, -0.2) is 52.1 Å². The van der Waals surface area contributed by atoms with Crippen LogP contribution in [0, 0.1) is 22.7 Å². The van der Waals surface area contributed by atoms with Crippen LogP contribution < -0.4 is 0 Å². The molecule has 4 fully saturated rings. The molecule has 0 aromatic carbocycles. The Labute approximate surface area is 150 Å². The molecule has 2 spiro atoms. The molecule has 25 heavy (non-hydrogen) atoms. The lowest BCUT2D eigenvalue weighted by molar-refractivity contribution is -0.286. The van der Waals surface area contributed by atoms with Crippen LogP contribution in [0.4, 0.5) is 0 Å². The van der Waals surface area contributed by atoms with Crippen LogP contribution in [0.3, 0.4) is 0 Å². The fourth-order valence-corrected chi connectivity index (χ4v) is 7.06. The number of hydrogen-bond acceptors (Lipinski definition) is 5. The molecule has 4 aliphatic rings. The average Bonchev–Trinajstić information content (AvgIpc) is 3.15. The first-order valence-corrected chi connectivity index (χ1v) is 10.0. The number of fused-ring (bicyclic) bond motifs is 2. The Balaban J connectivity index is 1.75. The van der Waals surface area contributed by atoms with Gasteiger partial charge in [0.25, 0.3) is 0 Å². The van der Waals surface area contributed by atoms with Gasteiger partial charge in [-0.2, -0.15) is 0 Å². The van der Waals surface area contributed by atoms with Crippen LogP contribution in [0.15, 0.2) is 0 Å². The second-order valence-electron chi connectivity index (χ2n) is 9.70. The molecule has 0 bridgehead atoms. The van der Waals surface area contributed by atoms with Gasteiger partial charge in [-0.25, -0.2) is 0 Å². The van der Waals surface area contributed by atoms with Crippen molar-refractivity contribution in [2.45, 2.75) is 89.3 Å². The summed E-state index contributed by atoms with van der Waals surface area (Å²) in [5.41, 5.74) is -1.46. The van der Waals surface area contributed by atoms with Gasteiger partial charge in [0.1, 0.15) is 5.60 Å². The summed E-state index contributed by atoms with van der Waals surface area (Å²) in [4.78, 5) is 0.